The molecule has 5 heteroatoms. The quantitative estimate of drug-likeness (QED) is 0.795. The van der Waals surface area contributed by atoms with Crippen LogP contribution < -0.4 is 0 Å². The van der Waals surface area contributed by atoms with E-state index >= 15 is 0 Å². The van der Waals surface area contributed by atoms with E-state index < -0.39 is 11.7 Å². The van der Waals surface area contributed by atoms with E-state index in [1.54, 1.807) is 12.1 Å². The number of carbonyl (C=O) groups is 1. The molecule has 94 valence electrons. The van der Waals surface area contributed by atoms with E-state index in [4.69, 9.17) is 0 Å². The Morgan fingerprint density at radius 1 is 1.28 bits per heavy atom. The fourth-order valence-electron chi connectivity index (χ4n) is 2.06. The van der Waals surface area contributed by atoms with Gasteiger partial charge in [0.05, 0.1) is 0 Å². The molecule has 0 aliphatic rings. The highest BCUT2D eigenvalue weighted by Crippen LogP contribution is 2.44. The van der Waals surface area contributed by atoms with Gasteiger partial charge in [-0.3, -0.25) is 0 Å². The lowest BCUT2D eigenvalue weighted by Gasteiger charge is -2.13. The molecule has 0 bridgehead atoms. The number of benzene rings is 2. The average Bonchev–Trinajstić information content (AvgIpc) is 2.35. The molecule has 2 rings (SSSR count). The average molecular weight is 311 g/mol. The second-order valence-corrected chi connectivity index (χ2v) is 4.68. The number of phenols is 2. The van der Waals surface area contributed by atoms with Gasteiger partial charge in [0.1, 0.15) is 21.5 Å². The van der Waals surface area contributed by atoms with Crippen LogP contribution in [0.2, 0.25) is 0 Å². The molecule has 0 spiro atoms. The standard InChI is InChI=1S/C13H11BrO4/c1-2-6-4-3-5-7-8(6)11(15)10(14)12(16)9(7)13(17)18/h3-5,15-16H,2H2,1H3,(H,17,18). The number of halogens is 1. The summed E-state index contributed by atoms with van der Waals surface area (Å²) < 4.78 is 0.00769. The first-order valence-electron chi connectivity index (χ1n) is 5.37. The fraction of sp³-hybridized carbons (Fsp3) is 0.154. The highest BCUT2D eigenvalue weighted by atomic mass is 79.9. The van der Waals surface area contributed by atoms with E-state index in [0.29, 0.717) is 17.2 Å². The zero-order chi connectivity index (χ0) is 13.4. The van der Waals surface area contributed by atoms with E-state index in [1.807, 2.05) is 13.0 Å². The summed E-state index contributed by atoms with van der Waals surface area (Å²) in [5.41, 5.74) is 0.623. The molecule has 0 saturated carbocycles. The molecular formula is C13H11BrO4. The molecule has 0 unspecified atom stereocenters. The molecular weight excluding hydrogens is 300 g/mol. The first-order valence-corrected chi connectivity index (χ1v) is 6.16. The molecule has 0 aliphatic heterocycles. The van der Waals surface area contributed by atoms with Gasteiger partial charge < -0.3 is 15.3 Å². The molecule has 0 atom stereocenters. The number of fused-ring (bicyclic) bond motifs is 1. The number of hydrogen-bond acceptors (Lipinski definition) is 3. The van der Waals surface area contributed by atoms with Crippen molar-refractivity contribution in [2.45, 2.75) is 13.3 Å². The Morgan fingerprint density at radius 2 is 1.94 bits per heavy atom. The van der Waals surface area contributed by atoms with Gasteiger partial charge >= 0.3 is 5.97 Å². The SMILES string of the molecule is CCc1cccc2c(C(=O)O)c(O)c(Br)c(O)c12. The summed E-state index contributed by atoms with van der Waals surface area (Å²) in [6.07, 6.45) is 0.654. The number of carboxylic acid groups (broad SMARTS) is 1. The van der Waals surface area contributed by atoms with Crippen LogP contribution in [0.5, 0.6) is 11.5 Å². The molecule has 0 radical (unpaired) electrons. The van der Waals surface area contributed by atoms with Crippen LogP contribution in [0.25, 0.3) is 10.8 Å². The molecule has 0 fully saturated rings. The summed E-state index contributed by atoms with van der Waals surface area (Å²) in [6.45, 7) is 1.91. The van der Waals surface area contributed by atoms with Crippen LogP contribution in [0.1, 0.15) is 22.8 Å². The van der Waals surface area contributed by atoms with Crippen LogP contribution in [0, 0.1) is 0 Å². The van der Waals surface area contributed by atoms with Gasteiger partial charge in [0.25, 0.3) is 0 Å². The maximum Gasteiger partial charge on any atom is 0.340 e. The van der Waals surface area contributed by atoms with Gasteiger partial charge in [-0.2, -0.15) is 0 Å². The van der Waals surface area contributed by atoms with Crippen LogP contribution in [0.15, 0.2) is 22.7 Å². The van der Waals surface area contributed by atoms with Gasteiger partial charge in [-0.05, 0) is 27.9 Å². The smallest absolute Gasteiger partial charge is 0.340 e. The van der Waals surface area contributed by atoms with E-state index in [1.165, 1.54) is 0 Å². The lowest BCUT2D eigenvalue weighted by Crippen LogP contribution is -2.00. The van der Waals surface area contributed by atoms with Crippen molar-refractivity contribution in [1.29, 1.82) is 0 Å². The predicted molar refractivity (Wildman–Crippen MR) is 71.3 cm³/mol. The molecule has 0 heterocycles. The minimum atomic E-state index is -1.23. The van der Waals surface area contributed by atoms with Crippen LogP contribution in [0.3, 0.4) is 0 Å². The lowest BCUT2D eigenvalue weighted by atomic mass is 9.97. The molecule has 0 saturated heterocycles. The minimum Gasteiger partial charge on any atom is -0.506 e. The Morgan fingerprint density at radius 3 is 2.50 bits per heavy atom. The summed E-state index contributed by atoms with van der Waals surface area (Å²) in [5, 5.41) is 29.9. The highest BCUT2D eigenvalue weighted by molar-refractivity contribution is 9.10. The van der Waals surface area contributed by atoms with Gasteiger partial charge in [-0.15, -0.1) is 0 Å². The molecule has 4 nitrogen and oxygen atoms in total. The zero-order valence-corrected chi connectivity index (χ0v) is 11.2. The molecule has 0 aromatic heterocycles. The Kier molecular flexibility index (Phi) is 3.17. The van der Waals surface area contributed by atoms with Gasteiger partial charge in [-0.1, -0.05) is 25.1 Å². The van der Waals surface area contributed by atoms with Crippen molar-refractivity contribution in [2.75, 3.05) is 0 Å². The van der Waals surface area contributed by atoms with Crippen LogP contribution in [-0.4, -0.2) is 21.3 Å². The number of hydrogen-bond donors (Lipinski definition) is 3. The van der Waals surface area contributed by atoms with Crippen molar-refractivity contribution in [3.8, 4) is 11.5 Å². The van der Waals surface area contributed by atoms with E-state index in [0.717, 1.165) is 5.56 Å². The third kappa shape index (κ3) is 1.71. The lowest BCUT2D eigenvalue weighted by molar-refractivity contribution is 0.0696. The van der Waals surface area contributed by atoms with E-state index in [-0.39, 0.29) is 15.8 Å². The van der Waals surface area contributed by atoms with Gasteiger partial charge in [0.15, 0.2) is 0 Å². The largest absolute Gasteiger partial charge is 0.506 e. The Balaban J connectivity index is 3.06. The van der Waals surface area contributed by atoms with Crippen molar-refractivity contribution in [2.24, 2.45) is 0 Å². The minimum absolute atomic E-state index is 0.00769. The number of aromatic hydroxyl groups is 2. The Bertz CT molecular complexity index is 649. The number of phenolic OH excluding ortho intramolecular Hbond substituents is 1. The summed E-state index contributed by atoms with van der Waals surface area (Å²) in [5.74, 6) is -1.82. The van der Waals surface area contributed by atoms with Crippen LogP contribution in [0.4, 0.5) is 0 Å². The molecule has 2 aromatic carbocycles. The maximum atomic E-state index is 11.2. The number of aromatic carboxylic acids is 1. The molecule has 18 heavy (non-hydrogen) atoms. The number of aryl methyl sites for hydroxylation is 1. The first kappa shape index (κ1) is 12.7. The fourth-order valence-corrected chi connectivity index (χ4v) is 2.45. The second kappa shape index (κ2) is 4.49. The van der Waals surface area contributed by atoms with Gasteiger partial charge in [0.2, 0.25) is 0 Å². The Hall–Kier alpha value is -1.75. The molecule has 2 aromatic rings. The molecule has 3 N–H and O–H groups in total. The zero-order valence-electron chi connectivity index (χ0n) is 9.57. The maximum absolute atomic E-state index is 11.2. The van der Waals surface area contributed by atoms with Gasteiger partial charge in [-0.25, -0.2) is 4.79 Å². The summed E-state index contributed by atoms with van der Waals surface area (Å²) >= 11 is 3.02. The van der Waals surface area contributed by atoms with Crippen molar-refractivity contribution in [3.63, 3.8) is 0 Å². The third-order valence-corrected chi connectivity index (χ3v) is 3.66. The Labute approximate surface area is 112 Å². The third-order valence-electron chi connectivity index (χ3n) is 2.90. The molecule has 0 aliphatic carbocycles. The van der Waals surface area contributed by atoms with Gasteiger partial charge in [0, 0.05) is 10.8 Å². The highest BCUT2D eigenvalue weighted by Gasteiger charge is 2.22. The summed E-state index contributed by atoms with van der Waals surface area (Å²) in [4.78, 5) is 11.2. The van der Waals surface area contributed by atoms with Crippen LogP contribution in [-0.2, 0) is 6.42 Å². The summed E-state index contributed by atoms with van der Waals surface area (Å²) in [6, 6.07) is 5.10. The predicted octanol–water partition coefficient (Wildman–Crippen LogP) is 3.27. The number of rotatable bonds is 2. The second-order valence-electron chi connectivity index (χ2n) is 3.88. The van der Waals surface area contributed by atoms with Crippen molar-refractivity contribution in [1.82, 2.24) is 0 Å². The van der Waals surface area contributed by atoms with Crippen molar-refractivity contribution in [3.05, 3.63) is 33.8 Å². The van der Waals surface area contributed by atoms with Crippen molar-refractivity contribution < 1.29 is 20.1 Å². The number of carboxylic acids is 1. The normalized spacial score (nSPS) is 10.8. The summed E-state index contributed by atoms with van der Waals surface area (Å²) in [7, 11) is 0. The monoisotopic (exact) mass is 310 g/mol. The van der Waals surface area contributed by atoms with E-state index in [2.05, 4.69) is 15.9 Å². The topological polar surface area (TPSA) is 77.8 Å². The van der Waals surface area contributed by atoms with Crippen LogP contribution >= 0.6 is 15.9 Å². The van der Waals surface area contributed by atoms with E-state index in [9.17, 15) is 20.1 Å². The molecule has 0 amide bonds. The van der Waals surface area contributed by atoms with Crippen molar-refractivity contribution >= 4 is 32.7 Å². The first-order chi connectivity index (χ1) is 8.49.